The van der Waals surface area contributed by atoms with Gasteiger partial charge in [-0.15, -0.1) is 0 Å². The van der Waals surface area contributed by atoms with E-state index in [1.165, 1.54) is 17.8 Å². The zero-order valence-corrected chi connectivity index (χ0v) is 21.8. The standard InChI is InChI=1S/C23H28FN6O7P/c1-13(2)35-22(32)14(3)27-12-38(33,37-15-7-5-4-6-8-15)34-10-17-16(24)9-18(36-17)30-11-26-19-20(30)28-23(25)29-21(19)31/h4-8,11-14,16-18H,9-10H2,1-3H3,(H3,25,28,29,31)/t14-,16-,17+,18+,38?/m0/s1. The summed E-state index contributed by atoms with van der Waals surface area (Å²) in [5.74, 6) is 0.395. The lowest BCUT2D eigenvalue weighted by atomic mass is 10.2. The summed E-state index contributed by atoms with van der Waals surface area (Å²) in [6.07, 6.45) is -2.67. The van der Waals surface area contributed by atoms with Crippen LogP contribution in [0.5, 0.6) is 5.75 Å². The number of halogens is 1. The minimum atomic E-state index is -4.12. The molecule has 1 unspecified atom stereocenters. The lowest BCUT2D eigenvalue weighted by Gasteiger charge is -2.20. The highest BCUT2D eigenvalue weighted by Gasteiger charge is 2.39. The van der Waals surface area contributed by atoms with Crippen molar-refractivity contribution in [3.8, 4) is 5.75 Å². The Kier molecular flexibility index (Phi) is 8.24. The number of aromatic amines is 1. The first kappa shape index (κ1) is 27.4. The number of rotatable bonds is 10. The van der Waals surface area contributed by atoms with Crippen LogP contribution >= 0.6 is 7.60 Å². The number of nitrogens with zero attached hydrogens (tertiary/aromatic N) is 4. The number of anilines is 1. The molecule has 1 aliphatic heterocycles. The Balaban J connectivity index is 1.49. The van der Waals surface area contributed by atoms with E-state index >= 15 is 0 Å². The topological polar surface area (TPSA) is 173 Å². The molecule has 204 valence electrons. The molecule has 3 heterocycles. The molecule has 38 heavy (non-hydrogen) atoms. The fourth-order valence-electron chi connectivity index (χ4n) is 3.63. The molecule has 0 radical (unpaired) electrons. The average Bonchev–Trinajstić information content (AvgIpc) is 3.44. The number of aromatic nitrogens is 4. The van der Waals surface area contributed by atoms with Gasteiger partial charge in [0.2, 0.25) is 5.95 Å². The van der Waals surface area contributed by atoms with Crippen molar-refractivity contribution in [1.29, 1.82) is 0 Å². The van der Waals surface area contributed by atoms with Crippen molar-refractivity contribution in [2.75, 3.05) is 12.3 Å². The third-order valence-corrected chi connectivity index (χ3v) is 6.83. The summed E-state index contributed by atoms with van der Waals surface area (Å²) in [6.45, 7) is 4.40. The zero-order chi connectivity index (χ0) is 27.4. The van der Waals surface area contributed by atoms with E-state index in [2.05, 4.69) is 19.9 Å². The number of carbonyl (C=O) groups excluding carboxylic acids is 1. The van der Waals surface area contributed by atoms with Gasteiger partial charge in [-0.1, -0.05) is 18.2 Å². The molecule has 1 aliphatic rings. The maximum Gasteiger partial charge on any atom is 0.421 e. The van der Waals surface area contributed by atoms with Crippen LogP contribution < -0.4 is 15.8 Å². The summed E-state index contributed by atoms with van der Waals surface area (Å²) in [5, 5.41) is 0. The molecule has 0 saturated carbocycles. The molecule has 4 rings (SSSR count). The second-order valence-electron chi connectivity index (χ2n) is 8.82. The molecule has 0 spiro atoms. The minimum absolute atomic E-state index is 0.0278. The lowest BCUT2D eigenvalue weighted by molar-refractivity contribution is -0.148. The van der Waals surface area contributed by atoms with E-state index in [0.29, 0.717) is 0 Å². The number of nitrogen functional groups attached to an aromatic ring is 1. The molecule has 13 nitrogen and oxygen atoms in total. The molecular weight excluding hydrogens is 522 g/mol. The van der Waals surface area contributed by atoms with Crippen LogP contribution in [0.2, 0.25) is 0 Å². The van der Waals surface area contributed by atoms with E-state index in [1.54, 1.807) is 44.2 Å². The van der Waals surface area contributed by atoms with Gasteiger partial charge in [-0.25, -0.2) is 18.7 Å². The van der Waals surface area contributed by atoms with Gasteiger partial charge in [0, 0.05) is 6.42 Å². The van der Waals surface area contributed by atoms with Crippen LogP contribution in [0.1, 0.15) is 33.4 Å². The predicted molar refractivity (Wildman–Crippen MR) is 136 cm³/mol. The molecule has 3 aromatic rings. The number of hydrogen-bond acceptors (Lipinski definition) is 11. The highest BCUT2D eigenvalue weighted by atomic mass is 31.2. The Labute approximate surface area is 216 Å². The van der Waals surface area contributed by atoms with Crippen molar-refractivity contribution in [2.45, 2.75) is 57.8 Å². The third kappa shape index (κ3) is 6.44. The molecule has 2 aromatic heterocycles. The Morgan fingerprint density at radius 3 is 2.82 bits per heavy atom. The fourth-order valence-corrected chi connectivity index (χ4v) is 4.93. The third-order valence-electron chi connectivity index (χ3n) is 5.44. The smallest absolute Gasteiger partial charge is 0.421 e. The van der Waals surface area contributed by atoms with Crippen molar-refractivity contribution in [3.63, 3.8) is 0 Å². The van der Waals surface area contributed by atoms with Gasteiger partial charge in [0.05, 0.1) is 19.0 Å². The summed E-state index contributed by atoms with van der Waals surface area (Å²) < 4.78 is 51.9. The molecule has 0 aliphatic carbocycles. The second-order valence-corrected chi connectivity index (χ2v) is 10.6. The Bertz CT molecular complexity index is 1410. The van der Waals surface area contributed by atoms with E-state index in [9.17, 15) is 18.5 Å². The Hall–Kier alpha value is -3.61. The number of H-pyrrole nitrogens is 1. The quantitative estimate of drug-likeness (QED) is 0.217. The number of carbonyl (C=O) groups is 1. The largest absolute Gasteiger partial charge is 0.461 e. The van der Waals surface area contributed by atoms with Crippen LogP contribution in [-0.4, -0.2) is 62.5 Å². The molecule has 0 bridgehead atoms. The van der Waals surface area contributed by atoms with Crippen molar-refractivity contribution >= 4 is 36.6 Å². The summed E-state index contributed by atoms with van der Waals surface area (Å²) in [7, 11) is -4.12. The zero-order valence-electron chi connectivity index (χ0n) is 20.9. The van der Waals surface area contributed by atoms with Crippen LogP contribution in [0.25, 0.3) is 11.2 Å². The summed E-state index contributed by atoms with van der Waals surface area (Å²) in [6, 6.07) is 7.22. The molecule has 1 aromatic carbocycles. The van der Waals surface area contributed by atoms with Gasteiger partial charge in [0.25, 0.3) is 5.56 Å². The first-order valence-electron chi connectivity index (χ1n) is 11.8. The monoisotopic (exact) mass is 550 g/mol. The highest BCUT2D eigenvalue weighted by molar-refractivity contribution is 7.70. The minimum Gasteiger partial charge on any atom is -0.461 e. The van der Waals surface area contributed by atoms with Gasteiger partial charge in [-0.3, -0.25) is 23.9 Å². The number of esters is 1. The van der Waals surface area contributed by atoms with Crippen molar-refractivity contribution in [2.24, 2.45) is 4.99 Å². The van der Waals surface area contributed by atoms with E-state index in [0.717, 1.165) is 5.96 Å². The Morgan fingerprint density at radius 2 is 2.11 bits per heavy atom. The van der Waals surface area contributed by atoms with Gasteiger partial charge in [0.15, 0.2) is 11.2 Å². The van der Waals surface area contributed by atoms with E-state index in [4.69, 9.17) is 24.3 Å². The number of imidazole rings is 1. The van der Waals surface area contributed by atoms with Crippen LogP contribution in [0, 0.1) is 0 Å². The van der Waals surface area contributed by atoms with Crippen molar-refractivity contribution in [1.82, 2.24) is 19.5 Å². The number of alkyl halides is 1. The summed E-state index contributed by atoms with van der Waals surface area (Å²) in [5.41, 5.74) is 5.26. The van der Waals surface area contributed by atoms with Gasteiger partial charge in [0.1, 0.15) is 36.3 Å². The van der Waals surface area contributed by atoms with E-state index in [-0.39, 0.29) is 35.4 Å². The van der Waals surface area contributed by atoms with Gasteiger partial charge in [-0.2, -0.15) is 4.98 Å². The van der Waals surface area contributed by atoms with Crippen LogP contribution in [-0.2, 0) is 23.4 Å². The maximum atomic E-state index is 15.0. The number of para-hydroxylation sites is 1. The molecule has 15 heteroatoms. The summed E-state index contributed by atoms with van der Waals surface area (Å²) in [4.78, 5) is 38.6. The number of ether oxygens (including phenoxy) is 2. The maximum absolute atomic E-state index is 15.0. The van der Waals surface area contributed by atoms with E-state index < -0.39 is 50.3 Å². The number of fused-ring (bicyclic) bond motifs is 1. The Morgan fingerprint density at radius 1 is 1.37 bits per heavy atom. The number of nitrogens with one attached hydrogen (secondary N) is 1. The normalized spacial score (nSPS) is 22.1. The molecule has 5 atom stereocenters. The molecule has 1 saturated heterocycles. The van der Waals surface area contributed by atoms with Crippen LogP contribution in [0.15, 0.2) is 46.4 Å². The number of hydrogen-bond donors (Lipinski definition) is 2. The number of aliphatic imine (C=N–C) groups is 1. The van der Waals surface area contributed by atoms with Crippen molar-refractivity contribution in [3.05, 3.63) is 47.0 Å². The first-order chi connectivity index (χ1) is 18.0. The number of nitrogens with two attached hydrogens (primary N) is 1. The fraction of sp³-hybridized carbons (Fsp3) is 0.435. The van der Waals surface area contributed by atoms with Gasteiger partial charge in [-0.05, 0) is 32.9 Å². The molecular formula is C23H28FN6O7P. The van der Waals surface area contributed by atoms with Gasteiger partial charge >= 0.3 is 13.6 Å². The highest BCUT2D eigenvalue weighted by Crippen LogP contribution is 2.47. The lowest BCUT2D eigenvalue weighted by Crippen LogP contribution is -2.24. The molecule has 0 amide bonds. The van der Waals surface area contributed by atoms with Gasteiger partial charge < -0.3 is 19.7 Å². The average molecular weight is 550 g/mol. The molecule has 3 N–H and O–H groups in total. The summed E-state index contributed by atoms with van der Waals surface area (Å²) >= 11 is 0. The van der Waals surface area contributed by atoms with Crippen LogP contribution in [0.4, 0.5) is 10.3 Å². The SMILES string of the molecule is CC(C)OC(=O)[C@H](C)N=CP(=O)(OC[C@H]1O[C@@H](n2cnc3c(=O)[nH]c(N)nc32)C[C@@H]1F)Oc1ccccc1. The molecule has 1 fully saturated rings. The second kappa shape index (κ2) is 11.4. The van der Waals surface area contributed by atoms with Crippen LogP contribution in [0.3, 0.4) is 0 Å². The number of benzene rings is 1. The van der Waals surface area contributed by atoms with E-state index in [1.807, 2.05) is 0 Å². The predicted octanol–water partition coefficient (Wildman–Crippen LogP) is 2.98. The van der Waals surface area contributed by atoms with Crippen molar-refractivity contribution < 1.29 is 32.3 Å². The first-order valence-corrected chi connectivity index (χ1v) is 13.4.